The molecule has 0 spiro atoms. The molecule has 0 atom stereocenters. The van der Waals surface area contributed by atoms with E-state index >= 15 is 0 Å². The number of carbonyl (C=O) groups excluding carboxylic acids is 1. The Morgan fingerprint density at radius 2 is 2.00 bits per heavy atom. The maximum atomic E-state index is 11.3. The molecule has 0 bridgehead atoms. The predicted octanol–water partition coefficient (Wildman–Crippen LogP) is 2.95. The fraction of sp³-hybridized carbons (Fsp3) is 0.133. The molecule has 2 aromatic carbocycles. The molecule has 0 unspecified atom stereocenters. The lowest BCUT2D eigenvalue weighted by atomic mass is 10.2. The van der Waals surface area contributed by atoms with Crippen LogP contribution in [-0.2, 0) is 6.54 Å². The lowest BCUT2D eigenvalue weighted by Gasteiger charge is -2.11. The van der Waals surface area contributed by atoms with E-state index in [1.807, 2.05) is 19.2 Å². The summed E-state index contributed by atoms with van der Waals surface area (Å²) in [6.45, 7) is 0.720. The normalized spacial score (nSPS) is 10.3. The van der Waals surface area contributed by atoms with Crippen molar-refractivity contribution >= 4 is 17.5 Å². The van der Waals surface area contributed by atoms with Gasteiger partial charge in [0.2, 0.25) is 0 Å². The van der Waals surface area contributed by atoms with E-state index in [1.54, 1.807) is 30.3 Å². The molecule has 4 nitrogen and oxygen atoms in total. The smallest absolute Gasteiger partial charge is 0.252 e. The maximum absolute atomic E-state index is 11.3. The first-order valence-corrected chi connectivity index (χ1v) is 6.49. The largest absolute Gasteiger partial charge is 0.455 e. The van der Waals surface area contributed by atoms with Crippen LogP contribution < -0.4 is 15.8 Å². The van der Waals surface area contributed by atoms with Crippen molar-refractivity contribution in [3.63, 3.8) is 0 Å². The minimum absolute atomic E-state index is 0.322. The van der Waals surface area contributed by atoms with Crippen molar-refractivity contribution in [2.24, 2.45) is 5.73 Å². The van der Waals surface area contributed by atoms with Crippen LogP contribution in [0.5, 0.6) is 11.5 Å². The molecule has 2 aromatic rings. The van der Waals surface area contributed by atoms with Crippen molar-refractivity contribution in [1.29, 1.82) is 0 Å². The summed E-state index contributed by atoms with van der Waals surface area (Å²) >= 11 is 6.18. The highest BCUT2D eigenvalue weighted by Crippen LogP contribution is 2.31. The number of para-hydroxylation sites is 1. The number of amides is 1. The Balaban J connectivity index is 2.29. The summed E-state index contributed by atoms with van der Waals surface area (Å²) in [5.41, 5.74) is 6.68. The Bertz CT molecular complexity index is 629. The van der Waals surface area contributed by atoms with Gasteiger partial charge in [-0.3, -0.25) is 4.79 Å². The number of nitrogens with two attached hydrogens (primary N) is 1. The van der Waals surface area contributed by atoms with Crippen molar-refractivity contribution in [1.82, 2.24) is 5.32 Å². The van der Waals surface area contributed by atoms with Gasteiger partial charge in [0.1, 0.15) is 11.5 Å². The SMILES string of the molecule is CNCc1ccc(Oc2ccccc2C(N)=O)c(Cl)c1. The van der Waals surface area contributed by atoms with Crippen LogP contribution in [-0.4, -0.2) is 13.0 Å². The predicted molar refractivity (Wildman–Crippen MR) is 79.2 cm³/mol. The Morgan fingerprint density at radius 3 is 2.65 bits per heavy atom. The third-order valence-corrected chi connectivity index (χ3v) is 3.04. The van der Waals surface area contributed by atoms with Gasteiger partial charge in [0.25, 0.3) is 5.91 Å². The molecular formula is C15H15ClN2O2. The number of benzene rings is 2. The third-order valence-electron chi connectivity index (χ3n) is 2.75. The van der Waals surface area contributed by atoms with E-state index in [2.05, 4.69) is 5.32 Å². The first kappa shape index (κ1) is 14.4. The number of carbonyl (C=O) groups is 1. The number of hydrogen-bond acceptors (Lipinski definition) is 3. The van der Waals surface area contributed by atoms with Crippen molar-refractivity contribution in [2.45, 2.75) is 6.54 Å². The Hall–Kier alpha value is -2.04. The summed E-state index contributed by atoms with van der Waals surface area (Å²) in [6.07, 6.45) is 0. The van der Waals surface area contributed by atoms with Gasteiger partial charge in [0, 0.05) is 6.54 Å². The van der Waals surface area contributed by atoms with Crippen molar-refractivity contribution in [3.05, 3.63) is 58.6 Å². The standard InChI is InChI=1S/C15H15ClN2O2/c1-18-9-10-6-7-14(12(16)8-10)20-13-5-3-2-4-11(13)15(17)19/h2-8,18H,9H2,1H3,(H2,17,19). The summed E-state index contributed by atoms with van der Waals surface area (Å²) < 4.78 is 5.68. The van der Waals surface area contributed by atoms with Crippen molar-refractivity contribution in [2.75, 3.05) is 7.05 Å². The maximum Gasteiger partial charge on any atom is 0.252 e. The van der Waals surface area contributed by atoms with Crippen LogP contribution >= 0.6 is 11.6 Å². The number of hydrogen-bond donors (Lipinski definition) is 2. The van der Waals surface area contributed by atoms with Crippen LogP contribution in [0, 0.1) is 0 Å². The quantitative estimate of drug-likeness (QED) is 0.890. The van der Waals surface area contributed by atoms with Crippen LogP contribution in [0.15, 0.2) is 42.5 Å². The monoisotopic (exact) mass is 290 g/mol. The van der Waals surface area contributed by atoms with Crippen LogP contribution in [0.3, 0.4) is 0 Å². The van der Waals surface area contributed by atoms with Crippen molar-refractivity contribution in [3.8, 4) is 11.5 Å². The van der Waals surface area contributed by atoms with E-state index in [9.17, 15) is 4.79 Å². The Morgan fingerprint density at radius 1 is 1.25 bits per heavy atom. The summed E-state index contributed by atoms with van der Waals surface area (Å²) in [5, 5.41) is 3.53. The van der Waals surface area contributed by atoms with Gasteiger partial charge in [-0.05, 0) is 36.9 Å². The van der Waals surface area contributed by atoms with Gasteiger partial charge in [-0.1, -0.05) is 29.8 Å². The molecule has 20 heavy (non-hydrogen) atoms. The molecule has 0 fully saturated rings. The molecule has 0 aliphatic heterocycles. The van der Waals surface area contributed by atoms with E-state index in [1.165, 1.54) is 0 Å². The molecular weight excluding hydrogens is 276 g/mol. The first-order chi connectivity index (χ1) is 9.61. The molecule has 1 amide bonds. The van der Waals surface area contributed by atoms with Crippen LogP contribution in [0.2, 0.25) is 5.02 Å². The van der Waals surface area contributed by atoms with Crippen LogP contribution in [0.4, 0.5) is 0 Å². The van der Waals surface area contributed by atoms with Gasteiger partial charge in [-0.25, -0.2) is 0 Å². The van der Waals surface area contributed by atoms with E-state index < -0.39 is 5.91 Å². The summed E-state index contributed by atoms with van der Waals surface area (Å²) in [6, 6.07) is 12.3. The van der Waals surface area contributed by atoms with E-state index in [0.717, 1.165) is 12.1 Å². The molecule has 5 heteroatoms. The van der Waals surface area contributed by atoms with E-state index in [4.69, 9.17) is 22.1 Å². The second-order valence-electron chi connectivity index (χ2n) is 4.26. The van der Waals surface area contributed by atoms with Gasteiger partial charge in [0.15, 0.2) is 0 Å². The van der Waals surface area contributed by atoms with E-state index in [0.29, 0.717) is 22.1 Å². The summed E-state index contributed by atoms with van der Waals surface area (Å²) in [5.74, 6) is 0.340. The molecule has 0 saturated carbocycles. The minimum Gasteiger partial charge on any atom is -0.455 e. The number of primary amides is 1. The molecule has 104 valence electrons. The zero-order valence-electron chi connectivity index (χ0n) is 11.0. The Kier molecular flexibility index (Phi) is 4.61. The second-order valence-corrected chi connectivity index (χ2v) is 4.66. The zero-order chi connectivity index (χ0) is 14.5. The molecule has 0 radical (unpaired) electrons. The average Bonchev–Trinajstić information content (AvgIpc) is 2.42. The highest BCUT2D eigenvalue weighted by Gasteiger charge is 2.11. The number of nitrogens with one attached hydrogen (secondary N) is 1. The van der Waals surface area contributed by atoms with Gasteiger partial charge < -0.3 is 15.8 Å². The summed E-state index contributed by atoms with van der Waals surface area (Å²) in [7, 11) is 1.86. The fourth-order valence-corrected chi connectivity index (χ4v) is 2.06. The van der Waals surface area contributed by atoms with Gasteiger partial charge in [-0.15, -0.1) is 0 Å². The number of ether oxygens (including phenoxy) is 1. The Labute approximate surface area is 122 Å². The topological polar surface area (TPSA) is 64.3 Å². The molecule has 0 aliphatic rings. The number of rotatable bonds is 5. The third kappa shape index (κ3) is 3.29. The lowest BCUT2D eigenvalue weighted by molar-refractivity contribution is 0.0998. The average molecular weight is 291 g/mol. The zero-order valence-corrected chi connectivity index (χ0v) is 11.8. The van der Waals surface area contributed by atoms with E-state index in [-0.39, 0.29) is 0 Å². The molecule has 0 saturated heterocycles. The molecule has 3 N–H and O–H groups in total. The molecule has 0 aliphatic carbocycles. The van der Waals surface area contributed by atoms with Crippen molar-refractivity contribution < 1.29 is 9.53 Å². The van der Waals surface area contributed by atoms with Crippen LogP contribution in [0.1, 0.15) is 15.9 Å². The fourth-order valence-electron chi connectivity index (χ4n) is 1.82. The summed E-state index contributed by atoms with van der Waals surface area (Å²) in [4.78, 5) is 11.3. The molecule has 2 rings (SSSR count). The molecule has 0 heterocycles. The second kappa shape index (κ2) is 6.41. The van der Waals surface area contributed by atoms with Gasteiger partial charge in [-0.2, -0.15) is 0 Å². The van der Waals surface area contributed by atoms with Crippen LogP contribution in [0.25, 0.3) is 0 Å². The highest BCUT2D eigenvalue weighted by molar-refractivity contribution is 6.32. The molecule has 0 aromatic heterocycles. The highest BCUT2D eigenvalue weighted by atomic mass is 35.5. The first-order valence-electron chi connectivity index (χ1n) is 6.11. The number of halogens is 1. The minimum atomic E-state index is -0.538. The van der Waals surface area contributed by atoms with Gasteiger partial charge >= 0.3 is 0 Å². The van der Waals surface area contributed by atoms with Gasteiger partial charge in [0.05, 0.1) is 10.6 Å². The lowest BCUT2D eigenvalue weighted by Crippen LogP contribution is -2.12.